The average molecular weight is 500 g/mol. The number of hydrogen-bond donors (Lipinski definition) is 2. The highest BCUT2D eigenvalue weighted by atomic mass is 127. The molecule has 2 heterocycles. The van der Waals surface area contributed by atoms with Crippen LogP contribution in [0.2, 0.25) is 0 Å². The zero-order valence-corrected chi connectivity index (χ0v) is 19.0. The van der Waals surface area contributed by atoms with E-state index in [1.165, 1.54) is 0 Å². The normalized spacial score (nSPS) is 16.5. The second kappa shape index (κ2) is 11.2. The third-order valence-corrected chi connectivity index (χ3v) is 4.70. The SMILES string of the molecule is COc1ccc(CN=C(NCc2nnc(C)n2C)NCC2CCCO2)cc1.I. The Labute approximate surface area is 183 Å². The quantitative estimate of drug-likeness (QED) is 0.345. The van der Waals surface area contributed by atoms with Gasteiger partial charge >= 0.3 is 0 Å². The van der Waals surface area contributed by atoms with E-state index in [0.717, 1.165) is 54.9 Å². The van der Waals surface area contributed by atoms with Gasteiger partial charge in [-0.25, -0.2) is 4.99 Å². The lowest BCUT2D eigenvalue weighted by atomic mass is 10.2. The summed E-state index contributed by atoms with van der Waals surface area (Å²) in [6.45, 7) is 4.65. The Morgan fingerprint density at radius 2 is 2.07 bits per heavy atom. The van der Waals surface area contributed by atoms with E-state index >= 15 is 0 Å². The fourth-order valence-corrected chi connectivity index (χ4v) is 2.86. The molecule has 2 N–H and O–H groups in total. The lowest BCUT2D eigenvalue weighted by Crippen LogP contribution is -2.41. The second-order valence-corrected chi connectivity index (χ2v) is 6.60. The largest absolute Gasteiger partial charge is 0.497 e. The molecular formula is C19H29IN6O2. The Bertz CT molecular complexity index is 756. The number of hydrogen-bond acceptors (Lipinski definition) is 5. The van der Waals surface area contributed by atoms with Crippen molar-refractivity contribution in [2.45, 2.75) is 39.0 Å². The number of aryl methyl sites for hydroxylation is 1. The molecule has 9 heteroatoms. The molecule has 1 unspecified atom stereocenters. The number of aliphatic imine (C=N–C) groups is 1. The Kier molecular flexibility index (Phi) is 8.97. The minimum Gasteiger partial charge on any atom is -0.497 e. The maximum Gasteiger partial charge on any atom is 0.192 e. The van der Waals surface area contributed by atoms with Gasteiger partial charge in [0.25, 0.3) is 0 Å². The van der Waals surface area contributed by atoms with E-state index in [2.05, 4.69) is 20.8 Å². The van der Waals surface area contributed by atoms with Gasteiger partial charge in [-0.15, -0.1) is 34.2 Å². The third kappa shape index (κ3) is 6.33. The van der Waals surface area contributed by atoms with Crippen LogP contribution >= 0.6 is 24.0 Å². The Hall–Kier alpha value is -1.88. The van der Waals surface area contributed by atoms with Crippen molar-refractivity contribution >= 4 is 29.9 Å². The van der Waals surface area contributed by atoms with E-state index in [9.17, 15) is 0 Å². The Balaban J connectivity index is 0.00000280. The maximum absolute atomic E-state index is 5.69. The Morgan fingerprint density at radius 1 is 1.29 bits per heavy atom. The van der Waals surface area contributed by atoms with Gasteiger partial charge in [0, 0.05) is 20.2 Å². The number of ether oxygens (including phenoxy) is 2. The zero-order chi connectivity index (χ0) is 19.1. The van der Waals surface area contributed by atoms with Crippen LogP contribution in [-0.4, -0.2) is 47.1 Å². The van der Waals surface area contributed by atoms with Crippen LogP contribution in [-0.2, 0) is 24.9 Å². The molecule has 0 amide bonds. The smallest absolute Gasteiger partial charge is 0.192 e. The lowest BCUT2D eigenvalue weighted by Gasteiger charge is -2.15. The van der Waals surface area contributed by atoms with Gasteiger partial charge in [0.05, 0.1) is 26.3 Å². The number of nitrogens with zero attached hydrogens (tertiary/aromatic N) is 4. The zero-order valence-electron chi connectivity index (χ0n) is 16.6. The number of methoxy groups -OCH3 is 1. The monoisotopic (exact) mass is 500 g/mol. The number of benzene rings is 1. The van der Waals surface area contributed by atoms with Gasteiger partial charge in [-0.1, -0.05) is 12.1 Å². The van der Waals surface area contributed by atoms with Crippen LogP contribution in [0.25, 0.3) is 0 Å². The summed E-state index contributed by atoms with van der Waals surface area (Å²) in [4.78, 5) is 4.70. The summed E-state index contributed by atoms with van der Waals surface area (Å²) in [6, 6.07) is 7.93. The number of guanidine groups is 1. The molecule has 2 aromatic rings. The van der Waals surface area contributed by atoms with Crippen molar-refractivity contribution in [2.24, 2.45) is 12.0 Å². The van der Waals surface area contributed by atoms with Gasteiger partial charge in [0.1, 0.15) is 11.6 Å². The first kappa shape index (κ1) is 22.4. The highest BCUT2D eigenvalue weighted by Crippen LogP contribution is 2.12. The fraction of sp³-hybridized carbons (Fsp3) is 0.526. The van der Waals surface area contributed by atoms with E-state index in [4.69, 9.17) is 14.5 Å². The minimum absolute atomic E-state index is 0. The predicted octanol–water partition coefficient (Wildman–Crippen LogP) is 2.16. The molecule has 0 radical (unpaired) electrons. The molecule has 0 saturated carbocycles. The molecule has 8 nitrogen and oxygen atoms in total. The number of nitrogens with one attached hydrogen (secondary N) is 2. The average Bonchev–Trinajstić information content (AvgIpc) is 3.33. The molecule has 154 valence electrons. The molecule has 0 spiro atoms. The van der Waals surface area contributed by atoms with Crippen LogP contribution in [0.1, 0.15) is 30.1 Å². The third-order valence-electron chi connectivity index (χ3n) is 4.70. The van der Waals surface area contributed by atoms with Gasteiger partial charge in [0.15, 0.2) is 11.8 Å². The molecule has 1 fully saturated rings. The van der Waals surface area contributed by atoms with Gasteiger partial charge < -0.3 is 24.7 Å². The maximum atomic E-state index is 5.69. The summed E-state index contributed by atoms with van der Waals surface area (Å²) in [5.41, 5.74) is 1.11. The molecule has 28 heavy (non-hydrogen) atoms. The summed E-state index contributed by atoms with van der Waals surface area (Å²) in [7, 11) is 3.62. The molecule has 1 atom stereocenters. The number of rotatable bonds is 7. The molecule has 1 aliphatic heterocycles. The van der Waals surface area contributed by atoms with E-state index in [1.807, 2.05) is 42.8 Å². The first-order chi connectivity index (χ1) is 13.2. The summed E-state index contributed by atoms with van der Waals surface area (Å²) < 4.78 is 12.9. The van der Waals surface area contributed by atoms with Crippen LogP contribution in [0.3, 0.4) is 0 Å². The minimum atomic E-state index is 0. The predicted molar refractivity (Wildman–Crippen MR) is 119 cm³/mol. The molecule has 0 bridgehead atoms. The van der Waals surface area contributed by atoms with Crippen molar-refractivity contribution in [1.29, 1.82) is 0 Å². The van der Waals surface area contributed by atoms with Crippen molar-refractivity contribution in [2.75, 3.05) is 20.3 Å². The summed E-state index contributed by atoms with van der Waals surface area (Å²) in [5.74, 6) is 3.33. The number of aromatic nitrogens is 3. The van der Waals surface area contributed by atoms with Crippen molar-refractivity contribution in [3.05, 3.63) is 41.5 Å². The van der Waals surface area contributed by atoms with Gasteiger partial charge in [-0.3, -0.25) is 0 Å². The van der Waals surface area contributed by atoms with Crippen molar-refractivity contribution in [1.82, 2.24) is 25.4 Å². The van der Waals surface area contributed by atoms with E-state index in [1.54, 1.807) is 7.11 Å². The summed E-state index contributed by atoms with van der Waals surface area (Å²) >= 11 is 0. The standard InChI is InChI=1S/C19H28N6O2.HI/c1-14-23-24-18(25(14)2)13-22-19(21-12-17-5-4-10-27-17)20-11-15-6-8-16(26-3)9-7-15;/h6-9,17H,4-5,10-13H2,1-3H3,(H2,20,21,22);1H. The highest BCUT2D eigenvalue weighted by molar-refractivity contribution is 14.0. The molecular weight excluding hydrogens is 471 g/mol. The topological polar surface area (TPSA) is 85.6 Å². The Morgan fingerprint density at radius 3 is 2.68 bits per heavy atom. The van der Waals surface area contributed by atoms with Gasteiger partial charge in [0.2, 0.25) is 0 Å². The van der Waals surface area contributed by atoms with E-state index in [0.29, 0.717) is 13.1 Å². The first-order valence-electron chi connectivity index (χ1n) is 9.27. The fourth-order valence-electron chi connectivity index (χ4n) is 2.86. The van der Waals surface area contributed by atoms with Crippen molar-refractivity contribution in [3.63, 3.8) is 0 Å². The van der Waals surface area contributed by atoms with Crippen LogP contribution in [0.5, 0.6) is 5.75 Å². The highest BCUT2D eigenvalue weighted by Gasteiger charge is 2.16. The van der Waals surface area contributed by atoms with E-state index in [-0.39, 0.29) is 30.1 Å². The van der Waals surface area contributed by atoms with Gasteiger partial charge in [-0.2, -0.15) is 0 Å². The van der Waals surface area contributed by atoms with Crippen molar-refractivity contribution < 1.29 is 9.47 Å². The summed E-state index contributed by atoms with van der Waals surface area (Å²) in [6.07, 6.45) is 2.45. The van der Waals surface area contributed by atoms with Crippen LogP contribution < -0.4 is 15.4 Å². The van der Waals surface area contributed by atoms with E-state index < -0.39 is 0 Å². The number of halogens is 1. The molecule has 1 aromatic heterocycles. The van der Waals surface area contributed by atoms with Crippen LogP contribution in [0.4, 0.5) is 0 Å². The second-order valence-electron chi connectivity index (χ2n) is 6.60. The van der Waals surface area contributed by atoms with Gasteiger partial charge in [-0.05, 0) is 37.5 Å². The molecule has 0 aliphatic carbocycles. The van der Waals surface area contributed by atoms with Crippen molar-refractivity contribution in [3.8, 4) is 5.75 Å². The lowest BCUT2D eigenvalue weighted by molar-refractivity contribution is 0.113. The molecule has 1 saturated heterocycles. The molecule has 1 aromatic carbocycles. The molecule has 1 aliphatic rings. The van der Waals surface area contributed by atoms with Crippen LogP contribution in [0.15, 0.2) is 29.3 Å². The molecule has 3 rings (SSSR count). The van der Waals surface area contributed by atoms with Crippen LogP contribution in [0, 0.1) is 6.92 Å². The first-order valence-corrected chi connectivity index (χ1v) is 9.27. The summed E-state index contributed by atoms with van der Waals surface area (Å²) in [5, 5.41) is 15.0.